The number of piperazine rings is 1. The van der Waals surface area contributed by atoms with Gasteiger partial charge in [-0.2, -0.15) is 0 Å². The van der Waals surface area contributed by atoms with E-state index in [2.05, 4.69) is 22.9 Å². The number of aryl methyl sites for hydroxylation is 1. The van der Waals surface area contributed by atoms with Crippen molar-refractivity contribution in [3.8, 4) is 11.5 Å². The first kappa shape index (κ1) is 24.7. The fourth-order valence-electron chi connectivity index (χ4n) is 7.27. The number of likely N-dealkylation sites (N-methyl/N-ethyl adjacent to an activating group) is 1. The van der Waals surface area contributed by atoms with Gasteiger partial charge in [-0.3, -0.25) is 14.6 Å². The van der Waals surface area contributed by atoms with Gasteiger partial charge >= 0.3 is 0 Å². The quantitative estimate of drug-likeness (QED) is 0.556. The highest BCUT2D eigenvalue weighted by Gasteiger charge is 2.62. The van der Waals surface area contributed by atoms with E-state index in [1.807, 2.05) is 6.92 Å². The molecule has 10 nitrogen and oxygen atoms in total. The van der Waals surface area contributed by atoms with Crippen molar-refractivity contribution in [1.29, 1.82) is 0 Å². The topological polar surface area (TPSA) is 110 Å². The predicted molar refractivity (Wildman–Crippen MR) is 131 cm³/mol. The van der Waals surface area contributed by atoms with E-state index in [1.54, 1.807) is 21.1 Å². The molecular formula is C27H34N2O8. The summed E-state index contributed by atoms with van der Waals surface area (Å²) in [6, 6.07) is 1.22. The van der Waals surface area contributed by atoms with Crippen molar-refractivity contribution in [2.24, 2.45) is 0 Å². The first-order valence-corrected chi connectivity index (χ1v) is 12.7. The SMILES string of the molecule is COCOc1c(OC)c(C)cc2c1C1C3CC4(O)C(=O)C(C)=C5OCOC5=C4C(CO)N3CC(C2)N1C. The highest BCUT2D eigenvalue weighted by molar-refractivity contribution is 6.06. The zero-order valence-corrected chi connectivity index (χ0v) is 21.9. The Morgan fingerprint density at radius 1 is 1.19 bits per heavy atom. The molecule has 5 atom stereocenters. The zero-order chi connectivity index (χ0) is 26.2. The zero-order valence-electron chi connectivity index (χ0n) is 21.9. The highest BCUT2D eigenvalue weighted by atomic mass is 16.7. The molecular weight excluding hydrogens is 480 g/mol. The van der Waals surface area contributed by atoms with Crippen LogP contribution in [0.3, 0.4) is 0 Å². The average molecular weight is 515 g/mol. The van der Waals surface area contributed by atoms with Gasteiger partial charge in [0, 0.05) is 48.9 Å². The Morgan fingerprint density at radius 2 is 1.95 bits per heavy atom. The van der Waals surface area contributed by atoms with Gasteiger partial charge < -0.3 is 33.9 Å². The van der Waals surface area contributed by atoms with E-state index >= 15 is 0 Å². The van der Waals surface area contributed by atoms with E-state index in [9.17, 15) is 15.0 Å². The first-order valence-electron chi connectivity index (χ1n) is 12.7. The molecule has 1 aromatic rings. The highest BCUT2D eigenvalue weighted by Crippen LogP contribution is 2.55. The molecule has 4 heterocycles. The number of carbonyl (C=O) groups is 1. The molecule has 1 aromatic carbocycles. The second kappa shape index (κ2) is 8.71. The van der Waals surface area contributed by atoms with E-state index in [0.717, 1.165) is 23.1 Å². The first-order chi connectivity index (χ1) is 17.8. The molecule has 0 radical (unpaired) electrons. The van der Waals surface area contributed by atoms with Crippen LogP contribution in [0, 0.1) is 6.92 Å². The van der Waals surface area contributed by atoms with E-state index in [0.29, 0.717) is 40.7 Å². The number of hydrogen-bond donors (Lipinski definition) is 2. The van der Waals surface area contributed by atoms with Gasteiger partial charge in [-0.05, 0) is 38.4 Å². The third-order valence-corrected chi connectivity index (χ3v) is 8.82. The molecule has 0 aromatic heterocycles. The van der Waals surface area contributed by atoms with E-state index < -0.39 is 17.4 Å². The van der Waals surface area contributed by atoms with Gasteiger partial charge in [0.25, 0.3) is 0 Å². The molecule has 1 aliphatic carbocycles. The Kier molecular flexibility index (Phi) is 5.81. The van der Waals surface area contributed by atoms with E-state index in [-0.39, 0.29) is 44.7 Å². The molecule has 4 aliphatic heterocycles. The third-order valence-electron chi connectivity index (χ3n) is 8.82. The van der Waals surface area contributed by atoms with Gasteiger partial charge in [-0.15, -0.1) is 0 Å². The largest absolute Gasteiger partial charge is 0.493 e. The number of methoxy groups -OCH3 is 2. The molecule has 2 N–H and O–H groups in total. The predicted octanol–water partition coefficient (Wildman–Crippen LogP) is 1.18. The second-order valence-electron chi connectivity index (χ2n) is 10.6. The van der Waals surface area contributed by atoms with Crippen LogP contribution in [-0.2, 0) is 25.4 Å². The van der Waals surface area contributed by atoms with Crippen LogP contribution in [0.4, 0.5) is 0 Å². The van der Waals surface area contributed by atoms with Crippen LogP contribution in [-0.4, -0.2) is 97.5 Å². The van der Waals surface area contributed by atoms with Gasteiger partial charge in [0.15, 0.2) is 41.2 Å². The van der Waals surface area contributed by atoms with Crippen LogP contribution in [0.5, 0.6) is 11.5 Å². The second-order valence-corrected chi connectivity index (χ2v) is 10.6. The number of fused-ring (bicyclic) bond motifs is 8. The summed E-state index contributed by atoms with van der Waals surface area (Å²) in [7, 11) is 5.27. The lowest BCUT2D eigenvalue weighted by molar-refractivity contribution is -0.145. The summed E-state index contributed by atoms with van der Waals surface area (Å²) in [5, 5.41) is 22.8. The number of aliphatic hydroxyl groups is 2. The number of piperidine rings is 1. The fraction of sp³-hybridized carbons (Fsp3) is 0.593. The summed E-state index contributed by atoms with van der Waals surface area (Å²) in [5.74, 6) is 1.63. The van der Waals surface area contributed by atoms with Crippen LogP contribution < -0.4 is 9.47 Å². The van der Waals surface area contributed by atoms with Crippen LogP contribution in [0.2, 0.25) is 0 Å². The molecule has 3 saturated heterocycles. The smallest absolute Gasteiger partial charge is 0.231 e. The maximum absolute atomic E-state index is 13.7. The summed E-state index contributed by atoms with van der Waals surface area (Å²) < 4.78 is 28.5. The number of benzene rings is 1. The lowest BCUT2D eigenvalue weighted by Crippen LogP contribution is -2.71. The number of ether oxygens (including phenoxy) is 5. The Balaban J connectivity index is 1.53. The molecule has 10 heteroatoms. The molecule has 3 fully saturated rings. The van der Waals surface area contributed by atoms with E-state index in [1.165, 1.54) is 0 Å². The monoisotopic (exact) mass is 514 g/mol. The summed E-state index contributed by atoms with van der Waals surface area (Å²) in [6.07, 6.45) is 0.938. The van der Waals surface area contributed by atoms with Crippen molar-refractivity contribution >= 4 is 5.78 Å². The number of ketones is 1. The van der Waals surface area contributed by atoms with Crippen LogP contribution >= 0.6 is 0 Å². The van der Waals surface area contributed by atoms with Crippen molar-refractivity contribution in [1.82, 2.24) is 9.80 Å². The van der Waals surface area contributed by atoms with Crippen LogP contribution in [0.25, 0.3) is 0 Å². The molecule has 6 rings (SSSR count). The maximum Gasteiger partial charge on any atom is 0.231 e. The number of nitrogens with zero attached hydrogens (tertiary/aromatic N) is 2. The molecule has 0 saturated carbocycles. The van der Waals surface area contributed by atoms with Crippen molar-refractivity contribution in [2.75, 3.05) is 48.0 Å². The molecule has 2 bridgehead atoms. The summed E-state index contributed by atoms with van der Waals surface area (Å²) >= 11 is 0. The van der Waals surface area contributed by atoms with Gasteiger partial charge in [-0.1, -0.05) is 6.07 Å². The summed E-state index contributed by atoms with van der Waals surface area (Å²) in [6.45, 7) is 4.10. The van der Waals surface area contributed by atoms with Crippen LogP contribution in [0.15, 0.2) is 28.7 Å². The Hall–Kier alpha value is -2.63. The maximum atomic E-state index is 13.7. The van der Waals surface area contributed by atoms with Gasteiger partial charge in [0.05, 0.1) is 25.8 Å². The number of carbonyl (C=O) groups excluding carboxylic acids is 1. The molecule has 0 amide bonds. The van der Waals surface area contributed by atoms with Gasteiger partial charge in [0.2, 0.25) is 6.79 Å². The Bertz CT molecular complexity index is 1230. The molecule has 5 aliphatic rings. The van der Waals surface area contributed by atoms with Gasteiger partial charge in [-0.25, -0.2) is 0 Å². The number of rotatable bonds is 5. The molecule has 0 spiro atoms. The fourth-order valence-corrected chi connectivity index (χ4v) is 7.27. The average Bonchev–Trinajstić information content (AvgIpc) is 3.35. The van der Waals surface area contributed by atoms with Crippen molar-refractivity contribution in [2.45, 2.75) is 56.5 Å². The number of Topliss-reactive ketones (excluding diaryl/α,β-unsaturated/α-hetero) is 1. The number of hydrogen-bond acceptors (Lipinski definition) is 10. The molecule has 200 valence electrons. The standard InChI is InChI=1S/C27H34N2O8/c1-13-6-15-7-16-9-29-17(21(28(16)3)19(15)24(22(13)34-5)35-11-33-4)8-27(32)20(18(29)10-30)25-23(36-12-37-25)14(2)26(27)31/h6,16-18,21,30,32H,7-12H2,1-5H3. The lowest BCUT2D eigenvalue weighted by atomic mass is 9.66. The van der Waals surface area contributed by atoms with Crippen molar-refractivity contribution in [3.05, 3.63) is 45.4 Å². The number of aliphatic hydroxyl groups excluding tert-OH is 1. The minimum absolute atomic E-state index is 0.0167. The van der Waals surface area contributed by atoms with Crippen molar-refractivity contribution in [3.63, 3.8) is 0 Å². The minimum Gasteiger partial charge on any atom is -0.493 e. The summed E-state index contributed by atoms with van der Waals surface area (Å²) in [5.41, 5.74) is 2.06. The lowest BCUT2D eigenvalue weighted by Gasteiger charge is -2.60. The Labute approximate surface area is 216 Å². The third kappa shape index (κ3) is 3.26. The van der Waals surface area contributed by atoms with E-state index in [4.69, 9.17) is 23.7 Å². The minimum atomic E-state index is -1.81. The Morgan fingerprint density at radius 3 is 2.65 bits per heavy atom. The molecule has 37 heavy (non-hydrogen) atoms. The normalized spacial score (nSPS) is 32.8. The van der Waals surface area contributed by atoms with Crippen LogP contribution in [0.1, 0.15) is 36.1 Å². The van der Waals surface area contributed by atoms with Crippen molar-refractivity contribution < 1.29 is 38.7 Å². The van der Waals surface area contributed by atoms with Gasteiger partial charge in [0.1, 0.15) is 0 Å². The molecule has 5 unspecified atom stereocenters. The summed E-state index contributed by atoms with van der Waals surface area (Å²) in [4.78, 5) is 18.2.